The summed E-state index contributed by atoms with van der Waals surface area (Å²) in [5.74, 6) is 1.67. The van der Waals surface area contributed by atoms with Gasteiger partial charge in [0.25, 0.3) is 11.4 Å². The van der Waals surface area contributed by atoms with E-state index in [1.807, 2.05) is 24.3 Å². The van der Waals surface area contributed by atoms with Crippen LogP contribution in [-0.2, 0) is 11.8 Å². The highest BCUT2D eigenvalue weighted by molar-refractivity contribution is 5.55. The first-order valence-electron chi connectivity index (χ1n) is 10.7. The summed E-state index contributed by atoms with van der Waals surface area (Å²) in [6.45, 7) is 3.69. The fourth-order valence-corrected chi connectivity index (χ4v) is 3.85. The summed E-state index contributed by atoms with van der Waals surface area (Å²) in [4.78, 5) is 32.0. The fourth-order valence-electron chi connectivity index (χ4n) is 3.85. The van der Waals surface area contributed by atoms with Crippen LogP contribution in [0.25, 0.3) is 22.8 Å². The Balaban J connectivity index is 1.43. The summed E-state index contributed by atoms with van der Waals surface area (Å²) in [6.07, 6.45) is 3.73. The predicted molar refractivity (Wildman–Crippen MR) is 120 cm³/mol. The highest BCUT2D eigenvalue weighted by Gasteiger charge is 2.24. The molecule has 0 bridgehead atoms. The lowest BCUT2D eigenvalue weighted by molar-refractivity contribution is 0.0685. The Bertz CT molecular complexity index is 1300. The van der Waals surface area contributed by atoms with E-state index in [0.29, 0.717) is 42.2 Å². The molecule has 1 fully saturated rings. The van der Waals surface area contributed by atoms with Crippen molar-refractivity contribution in [3.8, 4) is 22.8 Å². The molecular formula is C23H23N7O3. The van der Waals surface area contributed by atoms with Gasteiger partial charge in [0.15, 0.2) is 5.82 Å². The van der Waals surface area contributed by atoms with Crippen molar-refractivity contribution in [1.82, 2.24) is 29.7 Å². The zero-order valence-electron chi connectivity index (χ0n) is 18.4. The number of ether oxygens (including phenoxy) is 1. The van der Waals surface area contributed by atoms with Gasteiger partial charge in [0.05, 0.1) is 17.9 Å². The minimum Gasteiger partial charge on any atom is -0.372 e. The minimum absolute atomic E-state index is 0.144. The van der Waals surface area contributed by atoms with Gasteiger partial charge in [0, 0.05) is 38.0 Å². The van der Waals surface area contributed by atoms with Crippen LogP contribution >= 0.6 is 0 Å². The Labute approximate surface area is 189 Å². The first-order chi connectivity index (χ1) is 16.1. The maximum atomic E-state index is 12.7. The number of hydrogen-bond acceptors (Lipinski definition) is 9. The highest BCUT2D eigenvalue weighted by Crippen LogP contribution is 2.27. The van der Waals surface area contributed by atoms with E-state index in [1.165, 1.54) is 12.4 Å². The van der Waals surface area contributed by atoms with Crippen molar-refractivity contribution in [2.45, 2.75) is 19.4 Å². The molecule has 0 spiro atoms. The second-order valence-electron chi connectivity index (χ2n) is 7.86. The standard InChI is InChI=1S/C23H23N7O3/c1-15-26-22(33-28-15)17-6-4-16(5-7-17)20-13-30(10-3-11-32-20)23-27-19(12-21(31)29(23)2)18-8-9-24-14-25-18/h4-9,12,14,20H,3,10-11,13H2,1-2H3. The van der Waals surface area contributed by atoms with Gasteiger partial charge < -0.3 is 14.2 Å². The highest BCUT2D eigenvalue weighted by atomic mass is 16.5. The SMILES string of the molecule is Cc1noc(-c2ccc(C3CN(c4nc(-c5ccncn5)cc(=O)n4C)CCCO3)cc2)n1. The van der Waals surface area contributed by atoms with Gasteiger partial charge in [-0.05, 0) is 37.1 Å². The molecule has 0 amide bonds. The molecule has 0 N–H and O–H groups in total. The molecule has 0 aliphatic carbocycles. The van der Waals surface area contributed by atoms with Gasteiger partial charge >= 0.3 is 0 Å². The topological polar surface area (TPSA) is 112 Å². The van der Waals surface area contributed by atoms with Crippen LogP contribution in [0.1, 0.15) is 23.9 Å². The normalized spacial score (nSPS) is 16.5. The number of rotatable bonds is 4. The molecule has 1 aliphatic heterocycles. The summed E-state index contributed by atoms with van der Waals surface area (Å²) in [5, 5.41) is 3.85. The van der Waals surface area contributed by atoms with Gasteiger partial charge in [0.1, 0.15) is 12.4 Å². The first-order valence-corrected chi connectivity index (χ1v) is 10.7. The minimum atomic E-state index is -0.175. The Kier molecular flexibility index (Phi) is 5.66. The molecule has 1 aromatic carbocycles. The van der Waals surface area contributed by atoms with Crippen LogP contribution in [0.5, 0.6) is 0 Å². The van der Waals surface area contributed by atoms with Gasteiger partial charge in [-0.3, -0.25) is 9.36 Å². The van der Waals surface area contributed by atoms with Gasteiger partial charge in [-0.1, -0.05) is 17.3 Å². The zero-order chi connectivity index (χ0) is 22.8. The number of aromatic nitrogens is 6. The molecule has 1 unspecified atom stereocenters. The molecule has 0 radical (unpaired) electrons. The van der Waals surface area contributed by atoms with Crippen molar-refractivity contribution in [1.29, 1.82) is 0 Å². The van der Waals surface area contributed by atoms with Crippen molar-refractivity contribution in [2.75, 3.05) is 24.6 Å². The Morgan fingerprint density at radius 3 is 2.67 bits per heavy atom. The van der Waals surface area contributed by atoms with Gasteiger partial charge in [-0.2, -0.15) is 4.98 Å². The average Bonchev–Trinajstić information content (AvgIpc) is 3.13. The zero-order valence-corrected chi connectivity index (χ0v) is 18.4. The molecular weight excluding hydrogens is 422 g/mol. The van der Waals surface area contributed by atoms with Crippen molar-refractivity contribution >= 4 is 5.95 Å². The molecule has 1 atom stereocenters. The summed E-state index contributed by atoms with van der Waals surface area (Å²) < 4.78 is 13.0. The summed E-state index contributed by atoms with van der Waals surface area (Å²) in [6, 6.07) is 11.1. The average molecular weight is 445 g/mol. The molecule has 10 heteroatoms. The van der Waals surface area contributed by atoms with E-state index in [9.17, 15) is 4.79 Å². The van der Waals surface area contributed by atoms with E-state index in [1.54, 1.807) is 30.8 Å². The lowest BCUT2D eigenvalue weighted by Crippen LogP contribution is -2.34. The van der Waals surface area contributed by atoms with Crippen LogP contribution in [0.4, 0.5) is 5.95 Å². The van der Waals surface area contributed by atoms with E-state index in [0.717, 1.165) is 24.1 Å². The molecule has 10 nitrogen and oxygen atoms in total. The molecule has 3 aromatic heterocycles. The number of hydrogen-bond donors (Lipinski definition) is 0. The van der Waals surface area contributed by atoms with Crippen LogP contribution < -0.4 is 10.5 Å². The quantitative estimate of drug-likeness (QED) is 0.468. The molecule has 33 heavy (non-hydrogen) atoms. The Morgan fingerprint density at radius 1 is 1.09 bits per heavy atom. The summed E-state index contributed by atoms with van der Waals surface area (Å²) in [7, 11) is 1.73. The third-order valence-electron chi connectivity index (χ3n) is 5.57. The molecule has 4 aromatic rings. The Morgan fingerprint density at radius 2 is 1.94 bits per heavy atom. The van der Waals surface area contributed by atoms with Crippen LogP contribution in [0.3, 0.4) is 0 Å². The number of anilines is 1. The Hall–Kier alpha value is -3.92. The summed E-state index contributed by atoms with van der Waals surface area (Å²) in [5.41, 5.74) is 2.87. The van der Waals surface area contributed by atoms with Crippen molar-refractivity contribution in [3.05, 3.63) is 70.7 Å². The van der Waals surface area contributed by atoms with E-state index < -0.39 is 0 Å². The lowest BCUT2D eigenvalue weighted by Gasteiger charge is -2.26. The first kappa shape index (κ1) is 21.0. The van der Waals surface area contributed by atoms with Crippen LogP contribution in [0.15, 0.2) is 58.2 Å². The van der Waals surface area contributed by atoms with Gasteiger partial charge in [-0.15, -0.1) is 0 Å². The van der Waals surface area contributed by atoms with Crippen molar-refractivity contribution in [3.63, 3.8) is 0 Å². The van der Waals surface area contributed by atoms with Crippen LogP contribution in [-0.4, -0.2) is 49.4 Å². The molecule has 1 aliphatic rings. The maximum absolute atomic E-state index is 12.7. The van der Waals surface area contributed by atoms with Crippen molar-refractivity contribution < 1.29 is 9.26 Å². The predicted octanol–water partition coefficient (Wildman–Crippen LogP) is 2.56. The second-order valence-corrected chi connectivity index (χ2v) is 7.86. The smallest absolute Gasteiger partial charge is 0.257 e. The largest absolute Gasteiger partial charge is 0.372 e. The van der Waals surface area contributed by atoms with Crippen LogP contribution in [0, 0.1) is 6.92 Å². The lowest BCUT2D eigenvalue weighted by atomic mass is 10.1. The third kappa shape index (κ3) is 4.37. The molecule has 4 heterocycles. The second kappa shape index (κ2) is 8.91. The molecule has 168 valence electrons. The van der Waals surface area contributed by atoms with Gasteiger partial charge in [-0.25, -0.2) is 15.0 Å². The van der Waals surface area contributed by atoms with Crippen LogP contribution in [0.2, 0.25) is 0 Å². The van der Waals surface area contributed by atoms with E-state index in [4.69, 9.17) is 14.2 Å². The third-order valence-corrected chi connectivity index (χ3v) is 5.57. The number of aryl methyl sites for hydroxylation is 1. The maximum Gasteiger partial charge on any atom is 0.257 e. The van der Waals surface area contributed by atoms with Gasteiger partial charge in [0.2, 0.25) is 5.95 Å². The monoisotopic (exact) mass is 445 g/mol. The van der Waals surface area contributed by atoms with Crippen molar-refractivity contribution in [2.24, 2.45) is 7.05 Å². The van der Waals surface area contributed by atoms with E-state index >= 15 is 0 Å². The number of benzene rings is 1. The van der Waals surface area contributed by atoms with E-state index in [-0.39, 0.29) is 11.7 Å². The summed E-state index contributed by atoms with van der Waals surface area (Å²) >= 11 is 0. The molecule has 5 rings (SSSR count). The molecule has 1 saturated heterocycles. The molecule has 0 saturated carbocycles. The fraction of sp³-hybridized carbons (Fsp3) is 0.304. The van der Waals surface area contributed by atoms with E-state index in [2.05, 4.69) is 25.0 Å². The number of nitrogens with zero attached hydrogens (tertiary/aromatic N) is 7.